The monoisotopic (exact) mass is 319 g/mol. The molecular weight excluding hydrogens is 294 g/mol. The lowest BCUT2D eigenvalue weighted by Gasteiger charge is -2.36. The summed E-state index contributed by atoms with van der Waals surface area (Å²) in [5, 5.41) is 2.96. The molecule has 0 aromatic heterocycles. The second kappa shape index (κ2) is 8.53. The summed E-state index contributed by atoms with van der Waals surface area (Å²) in [6.45, 7) is 7.17. The van der Waals surface area contributed by atoms with Crippen LogP contribution < -0.4 is 5.32 Å². The summed E-state index contributed by atoms with van der Waals surface area (Å²) in [5.41, 5.74) is 1.08. The molecule has 6 nitrogen and oxygen atoms in total. The standard InChI is InChI=1S/C17H25N3O3/c1-3-23-17(22)20-11-9-19(10-12-20)14(2)16(21)18-13-15-7-5-4-6-8-15/h4-8,14H,3,9-13H2,1-2H3,(H,18,21)/t14-/m1/s1. The van der Waals surface area contributed by atoms with Crippen LogP contribution in [0.3, 0.4) is 0 Å². The zero-order chi connectivity index (χ0) is 16.7. The van der Waals surface area contributed by atoms with Gasteiger partial charge in [0, 0.05) is 32.7 Å². The van der Waals surface area contributed by atoms with Gasteiger partial charge >= 0.3 is 6.09 Å². The molecule has 1 aliphatic heterocycles. The van der Waals surface area contributed by atoms with Crippen LogP contribution in [0.25, 0.3) is 0 Å². The summed E-state index contributed by atoms with van der Waals surface area (Å²) in [6.07, 6.45) is -0.270. The molecule has 2 rings (SSSR count). The van der Waals surface area contributed by atoms with Crippen molar-refractivity contribution in [3.63, 3.8) is 0 Å². The summed E-state index contributed by atoms with van der Waals surface area (Å²) in [5.74, 6) is 0.0124. The Morgan fingerprint density at radius 3 is 2.43 bits per heavy atom. The number of carbonyl (C=O) groups is 2. The highest BCUT2D eigenvalue weighted by Crippen LogP contribution is 2.08. The maximum Gasteiger partial charge on any atom is 0.409 e. The average Bonchev–Trinajstić information content (AvgIpc) is 2.60. The van der Waals surface area contributed by atoms with Crippen LogP contribution in [0.4, 0.5) is 4.79 Å². The topological polar surface area (TPSA) is 61.9 Å². The van der Waals surface area contributed by atoms with E-state index < -0.39 is 0 Å². The number of rotatable bonds is 5. The molecule has 0 unspecified atom stereocenters. The van der Waals surface area contributed by atoms with E-state index in [1.165, 1.54) is 0 Å². The van der Waals surface area contributed by atoms with Crippen LogP contribution in [0.15, 0.2) is 30.3 Å². The van der Waals surface area contributed by atoms with Gasteiger partial charge in [0.05, 0.1) is 12.6 Å². The Morgan fingerprint density at radius 1 is 1.17 bits per heavy atom. The van der Waals surface area contributed by atoms with E-state index in [4.69, 9.17) is 4.74 Å². The maximum atomic E-state index is 12.3. The van der Waals surface area contributed by atoms with Gasteiger partial charge in [-0.3, -0.25) is 9.69 Å². The average molecular weight is 319 g/mol. The van der Waals surface area contributed by atoms with E-state index in [0.29, 0.717) is 39.3 Å². The number of ether oxygens (including phenoxy) is 1. The van der Waals surface area contributed by atoms with Gasteiger partial charge in [-0.2, -0.15) is 0 Å². The van der Waals surface area contributed by atoms with Crippen molar-refractivity contribution in [2.24, 2.45) is 0 Å². The molecule has 6 heteroatoms. The summed E-state index contributed by atoms with van der Waals surface area (Å²) in [6, 6.07) is 9.64. The largest absolute Gasteiger partial charge is 0.450 e. The third-order valence-electron chi connectivity index (χ3n) is 4.08. The zero-order valence-electron chi connectivity index (χ0n) is 13.8. The van der Waals surface area contributed by atoms with Crippen molar-refractivity contribution in [3.8, 4) is 0 Å². The molecule has 0 radical (unpaired) electrons. The predicted octanol–water partition coefficient (Wildman–Crippen LogP) is 1.47. The Kier molecular flexibility index (Phi) is 6.40. The van der Waals surface area contributed by atoms with Crippen LogP contribution in [-0.4, -0.2) is 60.6 Å². The fraction of sp³-hybridized carbons (Fsp3) is 0.529. The molecule has 1 aromatic carbocycles. The van der Waals surface area contributed by atoms with Gasteiger partial charge < -0.3 is 15.0 Å². The Hall–Kier alpha value is -2.08. The molecule has 1 aliphatic rings. The van der Waals surface area contributed by atoms with E-state index >= 15 is 0 Å². The van der Waals surface area contributed by atoms with Crippen molar-refractivity contribution >= 4 is 12.0 Å². The first-order valence-corrected chi connectivity index (χ1v) is 8.09. The molecule has 0 spiro atoms. The summed E-state index contributed by atoms with van der Waals surface area (Å²) >= 11 is 0. The predicted molar refractivity (Wildman–Crippen MR) is 87.9 cm³/mol. The molecule has 126 valence electrons. The summed E-state index contributed by atoms with van der Waals surface area (Å²) in [7, 11) is 0. The summed E-state index contributed by atoms with van der Waals surface area (Å²) in [4.78, 5) is 27.7. The molecule has 1 atom stereocenters. The van der Waals surface area contributed by atoms with Crippen LogP contribution >= 0.6 is 0 Å². The summed E-state index contributed by atoms with van der Waals surface area (Å²) < 4.78 is 5.00. The van der Waals surface area contributed by atoms with Crippen LogP contribution in [-0.2, 0) is 16.1 Å². The van der Waals surface area contributed by atoms with Gasteiger partial charge in [-0.15, -0.1) is 0 Å². The molecule has 1 fully saturated rings. The minimum Gasteiger partial charge on any atom is -0.450 e. The second-order valence-corrected chi connectivity index (χ2v) is 5.60. The lowest BCUT2D eigenvalue weighted by atomic mass is 10.2. The molecular formula is C17H25N3O3. The van der Waals surface area contributed by atoms with Crippen LogP contribution in [0.2, 0.25) is 0 Å². The van der Waals surface area contributed by atoms with Crippen molar-refractivity contribution in [2.45, 2.75) is 26.4 Å². The maximum absolute atomic E-state index is 12.3. The number of nitrogens with zero attached hydrogens (tertiary/aromatic N) is 2. The number of piperazine rings is 1. The third kappa shape index (κ3) is 4.96. The van der Waals surface area contributed by atoms with Gasteiger partial charge in [0.1, 0.15) is 0 Å². The van der Waals surface area contributed by atoms with E-state index in [2.05, 4.69) is 10.2 Å². The normalized spacial score (nSPS) is 16.7. The quantitative estimate of drug-likeness (QED) is 0.893. The third-order valence-corrected chi connectivity index (χ3v) is 4.08. The smallest absolute Gasteiger partial charge is 0.409 e. The Bertz CT molecular complexity index is 513. The Labute approximate surface area is 137 Å². The van der Waals surface area contributed by atoms with Crippen LogP contribution in [0.1, 0.15) is 19.4 Å². The van der Waals surface area contributed by atoms with E-state index in [9.17, 15) is 9.59 Å². The molecule has 0 saturated carbocycles. The van der Waals surface area contributed by atoms with E-state index in [0.717, 1.165) is 5.56 Å². The lowest BCUT2D eigenvalue weighted by molar-refractivity contribution is -0.126. The molecule has 23 heavy (non-hydrogen) atoms. The first-order valence-electron chi connectivity index (χ1n) is 8.09. The SMILES string of the molecule is CCOC(=O)N1CCN([C@H](C)C(=O)NCc2ccccc2)CC1. The fourth-order valence-electron chi connectivity index (χ4n) is 2.61. The van der Waals surface area contributed by atoms with Crippen LogP contribution in [0, 0.1) is 0 Å². The van der Waals surface area contributed by atoms with Gasteiger partial charge in [0.15, 0.2) is 0 Å². The van der Waals surface area contributed by atoms with Crippen molar-refractivity contribution in [1.29, 1.82) is 0 Å². The van der Waals surface area contributed by atoms with E-state index in [1.807, 2.05) is 37.3 Å². The molecule has 1 saturated heterocycles. The van der Waals surface area contributed by atoms with Crippen molar-refractivity contribution in [3.05, 3.63) is 35.9 Å². The first-order chi connectivity index (χ1) is 11.1. The highest BCUT2D eigenvalue weighted by molar-refractivity contribution is 5.81. The zero-order valence-corrected chi connectivity index (χ0v) is 13.8. The van der Waals surface area contributed by atoms with Crippen LogP contribution in [0.5, 0.6) is 0 Å². The Morgan fingerprint density at radius 2 is 1.83 bits per heavy atom. The lowest BCUT2D eigenvalue weighted by Crippen LogP contribution is -2.54. The van der Waals surface area contributed by atoms with Gasteiger partial charge in [-0.1, -0.05) is 30.3 Å². The van der Waals surface area contributed by atoms with E-state index in [-0.39, 0.29) is 18.0 Å². The molecule has 1 heterocycles. The molecule has 0 aliphatic carbocycles. The number of benzene rings is 1. The number of carbonyl (C=O) groups excluding carboxylic acids is 2. The highest BCUT2D eigenvalue weighted by Gasteiger charge is 2.27. The second-order valence-electron chi connectivity index (χ2n) is 5.60. The van der Waals surface area contributed by atoms with E-state index in [1.54, 1.807) is 11.8 Å². The molecule has 0 bridgehead atoms. The van der Waals surface area contributed by atoms with Crippen molar-refractivity contribution < 1.29 is 14.3 Å². The number of amides is 2. The number of hydrogen-bond donors (Lipinski definition) is 1. The van der Waals surface area contributed by atoms with Gasteiger partial charge in [0.2, 0.25) is 5.91 Å². The number of nitrogens with one attached hydrogen (secondary N) is 1. The minimum atomic E-state index is -0.270. The highest BCUT2D eigenvalue weighted by atomic mass is 16.6. The first kappa shape index (κ1) is 17.3. The minimum absolute atomic E-state index is 0.0124. The molecule has 2 amide bonds. The van der Waals surface area contributed by atoms with Gasteiger partial charge in [-0.05, 0) is 19.4 Å². The van der Waals surface area contributed by atoms with Gasteiger partial charge in [-0.25, -0.2) is 4.79 Å². The Balaban J connectivity index is 1.76. The van der Waals surface area contributed by atoms with Crippen molar-refractivity contribution in [1.82, 2.24) is 15.1 Å². The molecule has 1 N–H and O–H groups in total. The number of hydrogen-bond acceptors (Lipinski definition) is 4. The van der Waals surface area contributed by atoms with Gasteiger partial charge in [0.25, 0.3) is 0 Å². The molecule has 1 aromatic rings. The van der Waals surface area contributed by atoms with Crippen molar-refractivity contribution in [2.75, 3.05) is 32.8 Å². The fourth-order valence-corrected chi connectivity index (χ4v) is 2.61.